The van der Waals surface area contributed by atoms with Crippen LogP contribution in [0.2, 0.25) is 0 Å². The number of hydrogen-bond donors (Lipinski definition) is 0. The lowest BCUT2D eigenvalue weighted by Gasteiger charge is -2.16. The van der Waals surface area contributed by atoms with Crippen LogP contribution in [-0.4, -0.2) is 51.0 Å². The molecule has 0 spiro atoms. The first-order valence-corrected chi connectivity index (χ1v) is 12.7. The van der Waals surface area contributed by atoms with Crippen LogP contribution in [0.5, 0.6) is 0 Å². The van der Waals surface area contributed by atoms with Gasteiger partial charge in [0.1, 0.15) is 0 Å². The number of thioether (sulfide) groups is 1. The third-order valence-electron chi connectivity index (χ3n) is 5.75. The Kier molecular flexibility index (Phi) is 8.26. The van der Waals surface area contributed by atoms with Gasteiger partial charge >= 0.3 is 0 Å². The summed E-state index contributed by atoms with van der Waals surface area (Å²) >= 11 is 1.76. The van der Waals surface area contributed by atoms with Crippen LogP contribution in [0.1, 0.15) is 30.5 Å². The van der Waals surface area contributed by atoms with Gasteiger partial charge in [0.15, 0.2) is 5.82 Å². The zero-order valence-electron chi connectivity index (χ0n) is 20.6. The average Bonchev–Trinajstić information content (AvgIpc) is 2.91. The van der Waals surface area contributed by atoms with Gasteiger partial charge in [0.05, 0.1) is 23.4 Å². The van der Waals surface area contributed by atoms with Crippen LogP contribution in [0.3, 0.4) is 0 Å². The van der Waals surface area contributed by atoms with Crippen molar-refractivity contribution in [1.29, 1.82) is 5.26 Å². The van der Waals surface area contributed by atoms with E-state index in [-0.39, 0.29) is 11.6 Å². The molecule has 0 fully saturated rings. The minimum atomic E-state index is -0.303. The third kappa shape index (κ3) is 6.25. The molecule has 0 aliphatic heterocycles. The monoisotopic (exact) mass is 496 g/mol. The van der Waals surface area contributed by atoms with Crippen LogP contribution in [0.4, 0.5) is 0 Å². The molecule has 0 aliphatic rings. The molecule has 1 atom stereocenters. The first kappa shape index (κ1) is 25.3. The minimum absolute atomic E-state index is 0.194. The third-order valence-corrected chi connectivity index (χ3v) is 6.79. The molecular weight excluding hydrogens is 468 g/mol. The van der Waals surface area contributed by atoms with E-state index in [2.05, 4.69) is 40.1 Å². The predicted octanol–water partition coefficient (Wildman–Crippen LogP) is 4.89. The van der Waals surface area contributed by atoms with E-state index >= 15 is 0 Å². The van der Waals surface area contributed by atoms with E-state index in [1.54, 1.807) is 30.0 Å². The summed E-state index contributed by atoms with van der Waals surface area (Å²) in [7, 11) is 4.16. The highest BCUT2D eigenvalue weighted by atomic mass is 32.2. The van der Waals surface area contributed by atoms with Gasteiger partial charge in [0.25, 0.3) is 5.56 Å². The van der Waals surface area contributed by atoms with Gasteiger partial charge in [-0.1, -0.05) is 30.3 Å². The lowest BCUT2D eigenvalue weighted by molar-refractivity contribution is 0.410. The Balaban J connectivity index is 1.54. The molecule has 2 aromatic carbocycles. The quantitative estimate of drug-likeness (QED) is 0.241. The molecule has 0 aliphatic carbocycles. The predicted molar refractivity (Wildman–Crippen MR) is 144 cm³/mol. The standard InChI is InChI=1S/C28H28N6OS/c1-20(34-27(35)12-11-26(32-34)23-9-4-7-21(15-23)17-29)22-8-5-10-24(16-22)28-30-18-25(19-31-28)36-14-6-13-33(2)3/h4-5,7-12,15-16,18-20H,6,13-14H2,1-3H3/t20-/m0/s1. The maximum absolute atomic E-state index is 12.7. The maximum atomic E-state index is 12.7. The van der Waals surface area contributed by atoms with Crippen molar-refractivity contribution in [2.75, 3.05) is 26.4 Å². The summed E-state index contributed by atoms with van der Waals surface area (Å²) in [6, 6.07) is 20.1. The van der Waals surface area contributed by atoms with Crippen molar-refractivity contribution in [3.8, 4) is 28.7 Å². The molecule has 0 amide bonds. The topological polar surface area (TPSA) is 87.7 Å². The van der Waals surface area contributed by atoms with Gasteiger partial charge < -0.3 is 4.90 Å². The van der Waals surface area contributed by atoms with Gasteiger partial charge in [-0.3, -0.25) is 4.79 Å². The molecule has 7 nitrogen and oxygen atoms in total. The molecule has 0 N–H and O–H groups in total. The van der Waals surface area contributed by atoms with E-state index in [0.29, 0.717) is 17.1 Å². The van der Waals surface area contributed by atoms with Crippen LogP contribution in [0.25, 0.3) is 22.6 Å². The molecule has 4 aromatic rings. The summed E-state index contributed by atoms with van der Waals surface area (Å²) in [5.74, 6) is 1.67. The van der Waals surface area contributed by atoms with E-state index in [4.69, 9.17) is 0 Å². The fraction of sp³-hybridized carbons (Fsp3) is 0.250. The Bertz CT molecular complexity index is 1430. The zero-order valence-corrected chi connectivity index (χ0v) is 21.4. The minimum Gasteiger partial charge on any atom is -0.309 e. The highest BCUT2D eigenvalue weighted by Crippen LogP contribution is 2.25. The van der Waals surface area contributed by atoms with E-state index in [9.17, 15) is 10.1 Å². The van der Waals surface area contributed by atoms with Crippen LogP contribution in [0.15, 0.2) is 82.7 Å². The van der Waals surface area contributed by atoms with Crippen molar-refractivity contribution in [1.82, 2.24) is 24.6 Å². The second-order valence-electron chi connectivity index (χ2n) is 8.74. The molecule has 0 saturated carbocycles. The van der Waals surface area contributed by atoms with Crippen molar-refractivity contribution in [3.63, 3.8) is 0 Å². The molecule has 2 aromatic heterocycles. The molecule has 182 valence electrons. The molecule has 0 radical (unpaired) electrons. The number of hydrogen-bond acceptors (Lipinski definition) is 7. The maximum Gasteiger partial charge on any atom is 0.267 e. The van der Waals surface area contributed by atoms with Crippen LogP contribution < -0.4 is 5.56 Å². The van der Waals surface area contributed by atoms with E-state index in [0.717, 1.165) is 40.3 Å². The fourth-order valence-corrected chi connectivity index (χ4v) is 4.56. The fourth-order valence-electron chi connectivity index (χ4n) is 3.79. The second kappa shape index (κ2) is 11.8. The summed E-state index contributed by atoms with van der Waals surface area (Å²) in [5.41, 5.74) is 3.59. The molecule has 0 bridgehead atoms. The Morgan fingerprint density at radius 3 is 2.53 bits per heavy atom. The number of aromatic nitrogens is 4. The summed E-state index contributed by atoms with van der Waals surface area (Å²) in [5, 5.41) is 13.8. The molecule has 36 heavy (non-hydrogen) atoms. The van der Waals surface area contributed by atoms with Crippen molar-refractivity contribution in [2.45, 2.75) is 24.3 Å². The highest BCUT2D eigenvalue weighted by molar-refractivity contribution is 7.99. The summed E-state index contributed by atoms with van der Waals surface area (Å²) in [6.45, 7) is 3.00. The number of benzene rings is 2. The van der Waals surface area contributed by atoms with Gasteiger partial charge in [0, 0.05) is 34.5 Å². The Morgan fingerprint density at radius 2 is 1.78 bits per heavy atom. The smallest absolute Gasteiger partial charge is 0.267 e. The second-order valence-corrected chi connectivity index (χ2v) is 9.91. The van der Waals surface area contributed by atoms with E-state index in [1.807, 2.05) is 55.7 Å². The highest BCUT2D eigenvalue weighted by Gasteiger charge is 2.14. The normalized spacial score (nSPS) is 11.9. The largest absolute Gasteiger partial charge is 0.309 e. The van der Waals surface area contributed by atoms with E-state index in [1.165, 1.54) is 10.7 Å². The number of rotatable bonds is 9. The van der Waals surface area contributed by atoms with Crippen LogP contribution in [-0.2, 0) is 0 Å². The summed E-state index contributed by atoms with van der Waals surface area (Å²) in [4.78, 5) is 25.1. The Labute approximate surface area is 215 Å². The number of nitriles is 1. The summed E-state index contributed by atoms with van der Waals surface area (Å²) in [6.07, 6.45) is 4.84. The van der Waals surface area contributed by atoms with Gasteiger partial charge in [-0.15, -0.1) is 11.8 Å². The molecule has 8 heteroatoms. The molecule has 0 saturated heterocycles. The summed E-state index contributed by atoms with van der Waals surface area (Å²) < 4.78 is 1.47. The van der Waals surface area contributed by atoms with E-state index < -0.39 is 0 Å². The Morgan fingerprint density at radius 1 is 1.03 bits per heavy atom. The lowest BCUT2D eigenvalue weighted by Crippen LogP contribution is -2.26. The zero-order chi connectivity index (χ0) is 25.5. The van der Waals surface area contributed by atoms with Crippen molar-refractivity contribution in [2.24, 2.45) is 0 Å². The first-order chi connectivity index (χ1) is 17.4. The number of nitrogens with zero attached hydrogens (tertiary/aromatic N) is 6. The van der Waals surface area contributed by atoms with Gasteiger partial charge in [-0.2, -0.15) is 10.4 Å². The Hall–Kier alpha value is -3.80. The molecular formula is C28H28N6OS. The van der Waals surface area contributed by atoms with Crippen molar-refractivity contribution >= 4 is 11.8 Å². The first-order valence-electron chi connectivity index (χ1n) is 11.7. The van der Waals surface area contributed by atoms with Gasteiger partial charge in [0.2, 0.25) is 0 Å². The van der Waals surface area contributed by atoms with Crippen molar-refractivity contribution < 1.29 is 0 Å². The molecule has 4 rings (SSSR count). The molecule has 2 heterocycles. The van der Waals surface area contributed by atoms with Gasteiger partial charge in [-0.25, -0.2) is 14.6 Å². The van der Waals surface area contributed by atoms with Crippen LogP contribution >= 0.6 is 11.8 Å². The average molecular weight is 497 g/mol. The van der Waals surface area contributed by atoms with Crippen LogP contribution in [0, 0.1) is 11.3 Å². The molecule has 0 unspecified atom stereocenters. The van der Waals surface area contributed by atoms with Gasteiger partial charge in [-0.05, 0) is 69.6 Å². The van der Waals surface area contributed by atoms with Crippen molar-refractivity contribution in [3.05, 3.63) is 94.5 Å². The SMILES string of the molecule is C[C@@H](c1cccc(-c2ncc(SCCCN(C)C)cn2)c1)n1nc(-c2cccc(C#N)c2)ccc1=O. The lowest BCUT2D eigenvalue weighted by atomic mass is 10.0.